The molecule has 1 saturated heterocycles. The normalized spacial score (nSPS) is 20.4. The van der Waals surface area contributed by atoms with Crippen molar-refractivity contribution in [2.24, 2.45) is 0 Å². The molecule has 1 N–H and O–H groups in total. The van der Waals surface area contributed by atoms with Gasteiger partial charge in [0.2, 0.25) is 10.0 Å². The van der Waals surface area contributed by atoms with Crippen molar-refractivity contribution in [1.82, 2.24) is 4.31 Å². The number of rotatable bonds is 4. The lowest BCUT2D eigenvalue weighted by Crippen LogP contribution is -2.45. The van der Waals surface area contributed by atoms with Gasteiger partial charge in [0.15, 0.2) is 0 Å². The Balaban J connectivity index is 2.39. The molecule has 1 heterocycles. The summed E-state index contributed by atoms with van der Waals surface area (Å²) < 4.78 is 32.0. The standard InChI is InChI=1S/C13H16ClNO5S/c1-2-10-8-15(5-6-20-10)21(18,19)12-7-9(13(16)17)3-4-11(12)14/h3-4,7,10H,2,5-6,8H2,1H3,(H,16,17). The molecule has 0 aromatic heterocycles. The van der Waals surface area contributed by atoms with E-state index >= 15 is 0 Å². The zero-order valence-corrected chi connectivity index (χ0v) is 13.0. The van der Waals surface area contributed by atoms with E-state index in [-0.39, 0.29) is 34.7 Å². The van der Waals surface area contributed by atoms with Crippen LogP contribution in [0.15, 0.2) is 23.1 Å². The maximum absolute atomic E-state index is 12.6. The second-order valence-corrected chi connectivity index (χ2v) is 7.03. The molecule has 1 aliphatic heterocycles. The average Bonchev–Trinajstić information content (AvgIpc) is 2.47. The summed E-state index contributed by atoms with van der Waals surface area (Å²) in [4.78, 5) is 10.8. The summed E-state index contributed by atoms with van der Waals surface area (Å²) in [5.74, 6) is -1.20. The van der Waals surface area contributed by atoms with Crippen LogP contribution in [0.5, 0.6) is 0 Å². The Bertz CT molecular complexity index is 646. The van der Waals surface area contributed by atoms with Gasteiger partial charge in [-0.05, 0) is 24.6 Å². The Morgan fingerprint density at radius 1 is 1.52 bits per heavy atom. The lowest BCUT2D eigenvalue weighted by atomic mass is 10.2. The highest BCUT2D eigenvalue weighted by atomic mass is 35.5. The topological polar surface area (TPSA) is 83.9 Å². The highest BCUT2D eigenvalue weighted by molar-refractivity contribution is 7.89. The van der Waals surface area contributed by atoms with Crippen LogP contribution in [0, 0.1) is 0 Å². The fourth-order valence-corrected chi connectivity index (χ4v) is 4.09. The molecule has 1 aromatic rings. The Kier molecular flexibility index (Phi) is 4.88. The molecular weight excluding hydrogens is 318 g/mol. The van der Waals surface area contributed by atoms with Gasteiger partial charge in [-0.3, -0.25) is 0 Å². The summed E-state index contributed by atoms with van der Waals surface area (Å²) in [5.41, 5.74) is -0.113. The van der Waals surface area contributed by atoms with Crippen molar-refractivity contribution in [3.05, 3.63) is 28.8 Å². The Labute approximate surface area is 128 Å². The first-order valence-electron chi connectivity index (χ1n) is 6.51. The second kappa shape index (κ2) is 6.31. The number of halogens is 1. The van der Waals surface area contributed by atoms with Crippen LogP contribution in [0.1, 0.15) is 23.7 Å². The van der Waals surface area contributed by atoms with Gasteiger partial charge in [0.05, 0.1) is 23.3 Å². The average molecular weight is 334 g/mol. The number of carbonyl (C=O) groups is 1. The second-order valence-electron chi connectivity index (χ2n) is 4.71. The predicted molar refractivity (Wildman–Crippen MR) is 77.2 cm³/mol. The van der Waals surface area contributed by atoms with E-state index in [1.54, 1.807) is 0 Å². The Hall–Kier alpha value is -1.15. The molecule has 1 atom stereocenters. The first kappa shape index (κ1) is 16.2. The highest BCUT2D eigenvalue weighted by Gasteiger charge is 2.32. The van der Waals surface area contributed by atoms with E-state index < -0.39 is 16.0 Å². The molecule has 1 aromatic carbocycles. The zero-order chi connectivity index (χ0) is 15.6. The molecule has 0 aliphatic carbocycles. The third kappa shape index (κ3) is 3.37. The molecule has 116 valence electrons. The van der Waals surface area contributed by atoms with Crippen LogP contribution < -0.4 is 0 Å². The maximum atomic E-state index is 12.6. The monoisotopic (exact) mass is 333 g/mol. The first-order chi connectivity index (χ1) is 9.86. The van der Waals surface area contributed by atoms with Crippen molar-refractivity contribution in [3.63, 3.8) is 0 Å². The van der Waals surface area contributed by atoms with E-state index in [9.17, 15) is 13.2 Å². The maximum Gasteiger partial charge on any atom is 0.335 e. The number of carboxylic acid groups (broad SMARTS) is 1. The lowest BCUT2D eigenvalue weighted by molar-refractivity contribution is -0.00278. The SMILES string of the molecule is CCC1CN(S(=O)(=O)c2cc(C(=O)O)ccc2Cl)CCO1. The van der Waals surface area contributed by atoms with Gasteiger partial charge in [-0.15, -0.1) is 0 Å². The molecule has 6 nitrogen and oxygen atoms in total. The smallest absolute Gasteiger partial charge is 0.335 e. The van der Waals surface area contributed by atoms with Gasteiger partial charge < -0.3 is 9.84 Å². The van der Waals surface area contributed by atoms with Crippen LogP contribution in [-0.2, 0) is 14.8 Å². The summed E-state index contributed by atoms with van der Waals surface area (Å²) in [6, 6.07) is 3.66. The minimum absolute atomic E-state index is 0.0135. The van der Waals surface area contributed by atoms with Gasteiger partial charge in [0.1, 0.15) is 4.90 Å². The molecule has 0 radical (unpaired) electrons. The molecule has 8 heteroatoms. The molecule has 0 bridgehead atoms. The fourth-order valence-electron chi connectivity index (χ4n) is 2.13. The van der Waals surface area contributed by atoms with Crippen LogP contribution >= 0.6 is 11.6 Å². The number of morpholine rings is 1. The molecule has 0 amide bonds. The van der Waals surface area contributed by atoms with Crippen LogP contribution in [0.3, 0.4) is 0 Å². The molecule has 1 aliphatic rings. The molecule has 1 unspecified atom stereocenters. The Morgan fingerprint density at radius 3 is 2.86 bits per heavy atom. The summed E-state index contributed by atoms with van der Waals surface area (Å²) in [6.07, 6.45) is 0.546. The van der Waals surface area contributed by atoms with Crippen molar-refractivity contribution in [1.29, 1.82) is 0 Å². The summed E-state index contributed by atoms with van der Waals surface area (Å²) >= 11 is 5.94. The number of carboxylic acids is 1. The Morgan fingerprint density at radius 2 is 2.24 bits per heavy atom. The van der Waals surface area contributed by atoms with Crippen molar-refractivity contribution >= 4 is 27.6 Å². The fraction of sp³-hybridized carbons (Fsp3) is 0.462. The van der Waals surface area contributed by atoms with Crippen molar-refractivity contribution < 1.29 is 23.1 Å². The van der Waals surface area contributed by atoms with Crippen molar-refractivity contribution in [2.45, 2.75) is 24.3 Å². The van der Waals surface area contributed by atoms with Gasteiger partial charge in [0.25, 0.3) is 0 Å². The van der Waals surface area contributed by atoms with Gasteiger partial charge in [-0.25, -0.2) is 13.2 Å². The molecule has 21 heavy (non-hydrogen) atoms. The largest absolute Gasteiger partial charge is 0.478 e. The van der Waals surface area contributed by atoms with E-state index in [2.05, 4.69) is 0 Å². The van der Waals surface area contributed by atoms with Crippen LogP contribution in [0.2, 0.25) is 5.02 Å². The number of benzene rings is 1. The third-order valence-electron chi connectivity index (χ3n) is 3.35. The number of aromatic carboxylic acids is 1. The summed E-state index contributed by atoms with van der Waals surface area (Å²) in [6.45, 7) is 2.70. The van der Waals surface area contributed by atoms with Crippen LogP contribution in [0.25, 0.3) is 0 Å². The molecule has 0 spiro atoms. The van der Waals surface area contributed by atoms with Gasteiger partial charge in [-0.1, -0.05) is 18.5 Å². The molecular formula is C13H16ClNO5S. The number of sulfonamides is 1. The number of nitrogens with zero attached hydrogens (tertiary/aromatic N) is 1. The van der Waals surface area contributed by atoms with Crippen LogP contribution in [-0.4, -0.2) is 49.6 Å². The predicted octanol–water partition coefficient (Wildman–Crippen LogP) is 1.84. The minimum atomic E-state index is -3.83. The first-order valence-corrected chi connectivity index (χ1v) is 8.32. The van der Waals surface area contributed by atoms with E-state index in [1.807, 2.05) is 6.92 Å². The lowest BCUT2D eigenvalue weighted by Gasteiger charge is -2.31. The van der Waals surface area contributed by atoms with Crippen LogP contribution in [0.4, 0.5) is 0 Å². The quantitative estimate of drug-likeness (QED) is 0.908. The third-order valence-corrected chi connectivity index (χ3v) is 5.70. The minimum Gasteiger partial charge on any atom is -0.478 e. The van der Waals surface area contributed by atoms with E-state index in [1.165, 1.54) is 16.4 Å². The summed E-state index contributed by atoms with van der Waals surface area (Å²) in [5, 5.41) is 9.00. The van der Waals surface area contributed by atoms with Gasteiger partial charge in [-0.2, -0.15) is 4.31 Å². The highest BCUT2D eigenvalue weighted by Crippen LogP contribution is 2.27. The molecule has 1 fully saturated rings. The van der Waals surface area contributed by atoms with Crippen molar-refractivity contribution in [3.8, 4) is 0 Å². The van der Waals surface area contributed by atoms with Gasteiger partial charge >= 0.3 is 5.97 Å². The van der Waals surface area contributed by atoms with Crippen molar-refractivity contribution in [2.75, 3.05) is 19.7 Å². The number of hydrogen-bond acceptors (Lipinski definition) is 4. The summed E-state index contributed by atoms with van der Waals surface area (Å²) in [7, 11) is -3.83. The van der Waals surface area contributed by atoms with E-state index in [0.717, 1.165) is 6.07 Å². The zero-order valence-electron chi connectivity index (χ0n) is 11.5. The van der Waals surface area contributed by atoms with E-state index in [4.69, 9.17) is 21.4 Å². The molecule has 2 rings (SSSR count). The van der Waals surface area contributed by atoms with Gasteiger partial charge in [0, 0.05) is 13.1 Å². The van der Waals surface area contributed by atoms with E-state index in [0.29, 0.717) is 13.0 Å². The number of hydrogen-bond donors (Lipinski definition) is 1. The number of ether oxygens (including phenoxy) is 1. The molecule has 0 saturated carbocycles.